The van der Waals surface area contributed by atoms with Gasteiger partial charge in [-0.1, -0.05) is 66.2 Å². The van der Waals surface area contributed by atoms with Crippen LogP contribution in [0.25, 0.3) is 0 Å². The van der Waals surface area contributed by atoms with E-state index in [1.165, 1.54) is 51.4 Å². The maximum absolute atomic E-state index is 5.58. The maximum atomic E-state index is 5.58. The topological polar surface area (TPSA) is 75.0 Å². The van der Waals surface area contributed by atoms with Crippen molar-refractivity contribution in [3.63, 3.8) is 0 Å². The molecule has 2 N–H and O–H groups in total. The predicted molar refractivity (Wildman–Crippen MR) is 111 cm³/mol. The molecule has 5 heteroatoms. The summed E-state index contributed by atoms with van der Waals surface area (Å²) >= 11 is 0. The van der Waals surface area contributed by atoms with Gasteiger partial charge in [0, 0.05) is 13.2 Å². The van der Waals surface area contributed by atoms with Crippen molar-refractivity contribution in [2.75, 3.05) is 39.6 Å². The second-order valence-electron chi connectivity index (χ2n) is 7.82. The van der Waals surface area contributed by atoms with Gasteiger partial charge in [-0.2, -0.15) is 0 Å². The Morgan fingerprint density at radius 3 is 1.37 bits per heavy atom. The highest BCUT2D eigenvalue weighted by Crippen LogP contribution is 2.16. The Morgan fingerprint density at radius 2 is 1.11 bits per heavy atom. The average Bonchev–Trinajstić information content (AvgIpc) is 3.56. The van der Waals surface area contributed by atoms with Crippen molar-refractivity contribution in [2.45, 2.75) is 91.3 Å². The third-order valence-corrected chi connectivity index (χ3v) is 5.21. The zero-order valence-electron chi connectivity index (χ0n) is 18.3. The molecule has 2 saturated heterocycles. The van der Waals surface area contributed by atoms with E-state index in [1.807, 2.05) is 0 Å². The van der Waals surface area contributed by atoms with Crippen molar-refractivity contribution < 1.29 is 24.4 Å². The van der Waals surface area contributed by atoms with Crippen molar-refractivity contribution in [3.8, 4) is 0 Å². The molecule has 4 unspecified atom stereocenters. The first-order valence-corrected chi connectivity index (χ1v) is 11.1. The highest BCUT2D eigenvalue weighted by molar-refractivity contribution is 4.68. The summed E-state index contributed by atoms with van der Waals surface area (Å²) in [4.78, 5) is 0. The predicted octanol–water partition coefficient (Wildman–Crippen LogP) is 4.41. The molecule has 2 heterocycles. The maximum Gasteiger partial charge on any atom is 0.104 e. The van der Waals surface area contributed by atoms with E-state index in [9.17, 15) is 0 Å². The van der Waals surface area contributed by atoms with E-state index in [0.717, 1.165) is 51.5 Å². The lowest BCUT2D eigenvalue weighted by atomic mass is 10.0. The minimum Gasteiger partial charge on any atom is -0.412 e. The van der Waals surface area contributed by atoms with Gasteiger partial charge >= 0.3 is 0 Å². The summed E-state index contributed by atoms with van der Waals surface area (Å²) in [6, 6.07) is 0. The highest BCUT2D eigenvalue weighted by atomic mass is 16.6. The van der Waals surface area contributed by atoms with Crippen LogP contribution in [-0.4, -0.2) is 57.3 Å². The molecule has 0 aromatic rings. The molecule has 27 heavy (non-hydrogen) atoms. The van der Waals surface area contributed by atoms with Gasteiger partial charge in [0.15, 0.2) is 0 Å². The minimum atomic E-state index is 0. The zero-order chi connectivity index (χ0) is 19.0. The Morgan fingerprint density at radius 1 is 0.741 bits per heavy atom. The van der Waals surface area contributed by atoms with Gasteiger partial charge in [-0.25, -0.2) is 0 Å². The summed E-state index contributed by atoms with van der Waals surface area (Å²) in [5.41, 5.74) is 0. The van der Waals surface area contributed by atoms with Crippen molar-refractivity contribution in [1.29, 1.82) is 0 Å². The van der Waals surface area contributed by atoms with E-state index in [2.05, 4.69) is 27.7 Å². The first-order valence-electron chi connectivity index (χ1n) is 11.1. The van der Waals surface area contributed by atoms with Gasteiger partial charge in [0.05, 0.1) is 26.4 Å². The molecular weight excluding hydrogens is 344 g/mol. The summed E-state index contributed by atoms with van der Waals surface area (Å²) < 4.78 is 21.3. The molecule has 0 spiro atoms. The molecule has 0 radical (unpaired) electrons. The van der Waals surface area contributed by atoms with Gasteiger partial charge in [0.25, 0.3) is 0 Å². The summed E-state index contributed by atoms with van der Waals surface area (Å²) in [7, 11) is 0. The fourth-order valence-electron chi connectivity index (χ4n) is 2.86. The zero-order valence-corrected chi connectivity index (χ0v) is 18.3. The van der Waals surface area contributed by atoms with Gasteiger partial charge in [-0.05, 0) is 24.7 Å². The number of epoxide rings is 2. The van der Waals surface area contributed by atoms with E-state index < -0.39 is 0 Å². The Bertz CT molecular complexity index is 275. The molecule has 0 aromatic heterocycles. The van der Waals surface area contributed by atoms with Crippen LogP contribution in [0.2, 0.25) is 0 Å². The first kappa shape index (κ1) is 26.8. The summed E-state index contributed by atoms with van der Waals surface area (Å²) in [5, 5.41) is 0. The number of hydrogen-bond donors (Lipinski definition) is 0. The molecule has 0 aliphatic carbocycles. The van der Waals surface area contributed by atoms with Crippen LogP contribution in [0.1, 0.15) is 79.1 Å². The lowest BCUT2D eigenvalue weighted by Gasteiger charge is -2.13. The summed E-state index contributed by atoms with van der Waals surface area (Å²) in [6.07, 6.45) is 11.2. The molecule has 0 aromatic carbocycles. The van der Waals surface area contributed by atoms with E-state index in [4.69, 9.17) is 18.9 Å². The first-order chi connectivity index (χ1) is 12.7. The van der Waals surface area contributed by atoms with Crippen LogP contribution < -0.4 is 0 Å². The Labute approximate surface area is 167 Å². The summed E-state index contributed by atoms with van der Waals surface area (Å²) in [6.45, 7) is 14.3. The van der Waals surface area contributed by atoms with Gasteiger partial charge in [0.1, 0.15) is 12.2 Å². The average molecular weight is 391 g/mol. The van der Waals surface area contributed by atoms with E-state index in [-0.39, 0.29) is 5.48 Å². The fraction of sp³-hybridized carbons (Fsp3) is 1.00. The molecule has 2 fully saturated rings. The molecule has 164 valence electrons. The number of hydrogen-bond acceptors (Lipinski definition) is 4. The van der Waals surface area contributed by atoms with E-state index >= 15 is 0 Å². The molecular formula is C22H46O5. The largest absolute Gasteiger partial charge is 0.412 e. The molecule has 0 amide bonds. The third kappa shape index (κ3) is 16.5. The van der Waals surface area contributed by atoms with Crippen LogP contribution in [-0.2, 0) is 18.9 Å². The fourth-order valence-corrected chi connectivity index (χ4v) is 2.86. The van der Waals surface area contributed by atoms with Gasteiger partial charge in [-0.15, -0.1) is 0 Å². The van der Waals surface area contributed by atoms with Crippen LogP contribution in [0.4, 0.5) is 0 Å². The molecule has 2 aliphatic rings. The van der Waals surface area contributed by atoms with E-state index in [1.54, 1.807) is 0 Å². The van der Waals surface area contributed by atoms with Crippen LogP contribution >= 0.6 is 0 Å². The molecule has 5 nitrogen and oxygen atoms in total. The van der Waals surface area contributed by atoms with Gasteiger partial charge in [0.2, 0.25) is 0 Å². The van der Waals surface area contributed by atoms with Crippen molar-refractivity contribution >= 4 is 0 Å². The molecule has 4 atom stereocenters. The van der Waals surface area contributed by atoms with Crippen LogP contribution in [0, 0.1) is 11.8 Å². The monoisotopic (exact) mass is 390 g/mol. The number of unbranched alkanes of at least 4 members (excludes halogenated alkanes) is 2. The van der Waals surface area contributed by atoms with Crippen LogP contribution in [0.15, 0.2) is 0 Å². The van der Waals surface area contributed by atoms with Crippen LogP contribution in [0.3, 0.4) is 0 Å². The Kier molecular flexibility index (Phi) is 17.7. The Hall–Kier alpha value is -0.200. The molecule has 2 rings (SSSR count). The van der Waals surface area contributed by atoms with Gasteiger partial charge in [-0.3, -0.25) is 0 Å². The second kappa shape index (κ2) is 17.9. The Balaban J connectivity index is 0.000000483. The molecule has 0 saturated carbocycles. The second-order valence-corrected chi connectivity index (χ2v) is 7.82. The summed E-state index contributed by atoms with van der Waals surface area (Å²) in [5.74, 6) is 1.53. The normalized spacial score (nSPS) is 22.2. The van der Waals surface area contributed by atoms with E-state index in [0.29, 0.717) is 12.2 Å². The van der Waals surface area contributed by atoms with Crippen molar-refractivity contribution in [2.24, 2.45) is 11.8 Å². The lowest BCUT2D eigenvalue weighted by molar-refractivity contribution is 0.0813. The smallest absolute Gasteiger partial charge is 0.104 e. The van der Waals surface area contributed by atoms with Gasteiger partial charge < -0.3 is 24.4 Å². The number of rotatable bonds is 16. The SMILES string of the molecule is CCCCC(CC)COCC1CO1.CCCCC(CC)COCC1CO1.O. The van der Waals surface area contributed by atoms with Crippen molar-refractivity contribution in [3.05, 3.63) is 0 Å². The van der Waals surface area contributed by atoms with Crippen LogP contribution in [0.5, 0.6) is 0 Å². The number of ether oxygens (including phenoxy) is 4. The highest BCUT2D eigenvalue weighted by Gasteiger charge is 2.23. The van der Waals surface area contributed by atoms with Crippen molar-refractivity contribution in [1.82, 2.24) is 0 Å². The lowest BCUT2D eigenvalue weighted by Crippen LogP contribution is -2.11. The standard InChI is InChI=1S/2C11H22O2.H2O/c2*1-3-5-6-10(4-2)7-12-8-11-9-13-11;/h2*10-11H,3-9H2,1-2H3;1H2. The molecule has 0 bridgehead atoms. The quantitative estimate of drug-likeness (QED) is 0.366. The minimum absolute atomic E-state index is 0. The third-order valence-electron chi connectivity index (χ3n) is 5.21. The molecule has 2 aliphatic heterocycles.